The molecule has 0 aliphatic heterocycles. The Morgan fingerprint density at radius 2 is 1.18 bits per heavy atom. The SMILES string of the molecule is C1=CC2C=Cc3nc(-n4c5ccc6c(c5c5ccc7ccccc7c54)C4(c5ccccc5-c5ccccc54)c4ccc5ccccc5c4-6)nc(-c4ccccc4)c3C2C=C1. The third-order valence-corrected chi connectivity index (χ3v) is 13.9. The van der Waals surface area contributed by atoms with E-state index in [1.807, 2.05) is 0 Å². The largest absolute Gasteiger partial charge is 0.277 e. The van der Waals surface area contributed by atoms with Gasteiger partial charge in [-0.15, -0.1) is 0 Å². The minimum atomic E-state index is -0.545. The highest BCUT2D eigenvalue weighted by atomic mass is 15.2. The van der Waals surface area contributed by atoms with Gasteiger partial charge in [0.05, 0.1) is 27.8 Å². The number of nitrogens with zero attached hydrogens (tertiary/aromatic N) is 3. The van der Waals surface area contributed by atoms with E-state index in [-0.39, 0.29) is 11.8 Å². The van der Waals surface area contributed by atoms with Crippen LogP contribution in [0.5, 0.6) is 0 Å². The standard InChI is InChI=1S/C57H35N3/c1-2-17-37(18-3-1)54-51-39-20-8-5-15-35(39)28-32-48(51)58-56(59-54)60-49-33-30-43-50-38-19-7-4-14-34(38)27-31-47(50)57(45-24-12-10-22-41(45)42-23-11-13-25-46(42)57)53(43)52(49)44-29-26-36-16-6-9-21-40(36)55(44)60/h1-33,35,39H. The lowest BCUT2D eigenvalue weighted by atomic mass is 9.69. The maximum absolute atomic E-state index is 5.69. The zero-order valence-electron chi connectivity index (χ0n) is 32.5. The van der Waals surface area contributed by atoms with E-state index < -0.39 is 5.41 Å². The van der Waals surface area contributed by atoms with Crippen LogP contribution in [0.3, 0.4) is 0 Å². The second-order valence-corrected chi connectivity index (χ2v) is 16.7. The normalized spacial score (nSPS) is 17.3. The van der Waals surface area contributed by atoms with Crippen molar-refractivity contribution in [2.24, 2.45) is 5.92 Å². The molecule has 4 aliphatic rings. The number of aromatic nitrogens is 3. The highest BCUT2D eigenvalue weighted by molar-refractivity contribution is 6.23. The molecule has 0 bridgehead atoms. The monoisotopic (exact) mass is 761 g/mol. The molecule has 2 atom stereocenters. The van der Waals surface area contributed by atoms with Crippen molar-refractivity contribution in [2.75, 3.05) is 0 Å². The average Bonchev–Trinajstić information content (AvgIpc) is 3.93. The highest BCUT2D eigenvalue weighted by Gasteiger charge is 2.53. The van der Waals surface area contributed by atoms with Crippen LogP contribution in [0.15, 0.2) is 194 Å². The lowest BCUT2D eigenvalue weighted by Crippen LogP contribution is -2.26. The molecule has 0 saturated heterocycles. The molecule has 0 amide bonds. The van der Waals surface area contributed by atoms with Crippen LogP contribution in [0.4, 0.5) is 0 Å². The van der Waals surface area contributed by atoms with E-state index in [2.05, 4.69) is 205 Å². The summed E-state index contributed by atoms with van der Waals surface area (Å²) in [6.45, 7) is 0. The van der Waals surface area contributed by atoms with Gasteiger partial charge in [-0.25, -0.2) is 9.97 Å². The number of benzene rings is 8. The van der Waals surface area contributed by atoms with Crippen molar-refractivity contribution in [1.82, 2.24) is 14.5 Å². The summed E-state index contributed by atoms with van der Waals surface area (Å²) in [5.41, 5.74) is 16.5. The van der Waals surface area contributed by atoms with E-state index in [9.17, 15) is 0 Å². The Morgan fingerprint density at radius 1 is 0.500 bits per heavy atom. The molecule has 3 heteroatoms. The smallest absolute Gasteiger partial charge is 0.235 e. The fourth-order valence-electron chi connectivity index (χ4n) is 11.6. The lowest BCUT2D eigenvalue weighted by molar-refractivity contribution is 0.683. The van der Waals surface area contributed by atoms with E-state index in [0.717, 1.165) is 28.0 Å². The molecule has 2 aromatic heterocycles. The molecule has 1 spiro atoms. The van der Waals surface area contributed by atoms with Crippen LogP contribution in [0.1, 0.15) is 39.4 Å². The zero-order chi connectivity index (χ0) is 39.1. The van der Waals surface area contributed by atoms with Crippen LogP contribution in [0.25, 0.3) is 88.9 Å². The molecular formula is C57H35N3. The topological polar surface area (TPSA) is 30.7 Å². The number of rotatable bonds is 2. The fraction of sp³-hybridized carbons (Fsp3) is 0.0526. The molecule has 2 heterocycles. The van der Waals surface area contributed by atoms with E-state index in [0.29, 0.717) is 5.95 Å². The lowest BCUT2D eigenvalue weighted by Gasteiger charge is -2.31. The molecule has 10 aromatic rings. The molecule has 0 radical (unpaired) electrons. The predicted molar refractivity (Wildman–Crippen MR) is 247 cm³/mol. The van der Waals surface area contributed by atoms with E-state index in [1.165, 1.54) is 82.4 Å². The first-order chi connectivity index (χ1) is 29.8. The van der Waals surface area contributed by atoms with Gasteiger partial charge >= 0.3 is 0 Å². The third-order valence-electron chi connectivity index (χ3n) is 13.9. The Labute approximate surface area is 346 Å². The molecule has 2 unspecified atom stereocenters. The summed E-state index contributed by atoms with van der Waals surface area (Å²) in [5, 5.41) is 7.36. The van der Waals surface area contributed by atoms with Gasteiger partial charge in [-0.05, 0) is 72.8 Å². The first-order valence-corrected chi connectivity index (χ1v) is 21.0. The molecule has 0 saturated carbocycles. The third kappa shape index (κ3) is 3.99. The summed E-state index contributed by atoms with van der Waals surface area (Å²) < 4.78 is 2.39. The second-order valence-electron chi connectivity index (χ2n) is 16.7. The Bertz CT molecular complexity index is 3570. The fourth-order valence-corrected chi connectivity index (χ4v) is 11.6. The van der Waals surface area contributed by atoms with Crippen molar-refractivity contribution in [3.05, 3.63) is 228 Å². The summed E-state index contributed by atoms with van der Waals surface area (Å²) in [6.07, 6.45) is 13.5. The van der Waals surface area contributed by atoms with Crippen molar-refractivity contribution >= 4 is 49.4 Å². The van der Waals surface area contributed by atoms with E-state index in [4.69, 9.17) is 9.97 Å². The average molecular weight is 762 g/mol. The van der Waals surface area contributed by atoms with Crippen LogP contribution in [0, 0.1) is 5.92 Å². The molecule has 8 aromatic carbocycles. The molecule has 278 valence electrons. The van der Waals surface area contributed by atoms with Gasteiger partial charge in [-0.2, -0.15) is 0 Å². The number of allylic oxidation sites excluding steroid dienone is 5. The van der Waals surface area contributed by atoms with Crippen molar-refractivity contribution in [3.63, 3.8) is 0 Å². The molecular weight excluding hydrogens is 727 g/mol. The van der Waals surface area contributed by atoms with Gasteiger partial charge in [0.25, 0.3) is 0 Å². The summed E-state index contributed by atoms with van der Waals surface area (Å²) in [5.74, 6) is 1.12. The molecule has 14 rings (SSSR count). The minimum absolute atomic E-state index is 0.164. The van der Waals surface area contributed by atoms with E-state index >= 15 is 0 Å². The van der Waals surface area contributed by atoms with E-state index in [1.54, 1.807) is 0 Å². The maximum atomic E-state index is 5.69. The summed E-state index contributed by atoms with van der Waals surface area (Å²) >= 11 is 0. The van der Waals surface area contributed by atoms with Gasteiger partial charge in [0.2, 0.25) is 5.95 Å². The van der Waals surface area contributed by atoms with Crippen LogP contribution >= 0.6 is 0 Å². The summed E-state index contributed by atoms with van der Waals surface area (Å²) in [7, 11) is 0. The van der Waals surface area contributed by atoms with Gasteiger partial charge < -0.3 is 0 Å². The van der Waals surface area contributed by atoms with Gasteiger partial charge in [0.15, 0.2) is 0 Å². The van der Waals surface area contributed by atoms with Gasteiger partial charge in [-0.3, -0.25) is 4.57 Å². The van der Waals surface area contributed by atoms with Gasteiger partial charge in [0, 0.05) is 39.1 Å². The second kappa shape index (κ2) is 11.7. The molecule has 0 N–H and O–H groups in total. The number of hydrogen-bond acceptors (Lipinski definition) is 2. The molecule has 0 fully saturated rings. The Morgan fingerprint density at radius 3 is 2.00 bits per heavy atom. The first-order valence-electron chi connectivity index (χ1n) is 21.0. The molecule has 3 nitrogen and oxygen atoms in total. The zero-order valence-corrected chi connectivity index (χ0v) is 32.5. The Balaban J connectivity index is 1.18. The minimum Gasteiger partial charge on any atom is -0.277 e. The quantitative estimate of drug-likeness (QED) is 0.176. The molecule has 60 heavy (non-hydrogen) atoms. The van der Waals surface area contributed by atoms with Crippen LogP contribution in [-0.2, 0) is 5.41 Å². The summed E-state index contributed by atoms with van der Waals surface area (Å²) in [6, 6.07) is 60.8. The van der Waals surface area contributed by atoms with Crippen LogP contribution < -0.4 is 0 Å². The number of fused-ring (bicyclic) bond motifs is 21. The Hall–Kier alpha value is -7.62. The summed E-state index contributed by atoms with van der Waals surface area (Å²) in [4.78, 5) is 11.3. The number of hydrogen-bond donors (Lipinski definition) is 0. The first kappa shape index (κ1) is 32.3. The van der Waals surface area contributed by atoms with Crippen molar-refractivity contribution < 1.29 is 0 Å². The predicted octanol–water partition coefficient (Wildman–Crippen LogP) is 13.7. The van der Waals surface area contributed by atoms with Crippen molar-refractivity contribution in [1.29, 1.82) is 0 Å². The van der Waals surface area contributed by atoms with Crippen molar-refractivity contribution in [2.45, 2.75) is 11.3 Å². The molecule has 4 aliphatic carbocycles. The highest BCUT2D eigenvalue weighted by Crippen LogP contribution is 2.65. The van der Waals surface area contributed by atoms with Crippen molar-refractivity contribution in [3.8, 4) is 39.5 Å². The Kier molecular flexibility index (Phi) is 6.33. The van der Waals surface area contributed by atoms with Crippen LogP contribution in [0.2, 0.25) is 0 Å². The maximum Gasteiger partial charge on any atom is 0.235 e. The van der Waals surface area contributed by atoms with Gasteiger partial charge in [-0.1, -0.05) is 188 Å². The van der Waals surface area contributed by atoms with Crippen LogP contribution in [-0.4, -0.2) is 14.5 Å². The van der Waals surface area contributed by atoms with Gasteiger partial charge in [0.1, 0.15) is 0 Å².